The van der Waals surface area contributed by atoms with Gasteiger partial charge >= 0.3 is 0 Å². The van der Waals surface area contributed by atoms with Crippen molar-refractivity contribution < 1.29 is 9.59 Å². The van der Waals surface area contributed by atoms with Gasteiger partial charge in [0.05, 0.1) is 0 Å². The molecule has 1 unspecified atom stereocenters. The lowest BCUT2D eigenvalue weighted by molar-refractivity contribution is -0.123. The average molecular weight is 335 g/mol. The van der Waals surface area contributed by atoms with E-state index in [1.165, 1.54) is 0 Å². The van der Waals surface area contributed by atoms with Crippen LogP contribution >= 0.6 is 0 Å². The lowest BCUT2D eigenvalue weighted by atomic mass is 10.1. The molecule has 2 amide bonds. The number of hydrazone groups is 1. The van der Waals surface area contributed by atoms with Crippen LogP contribution in [0.4, 0.5) is 0 Å². The normalized spacial score (nSPS) is 14.6. The van der Waals surface area contributed by atoms with Gasteiger partial charge in [0.1, 0.15) is 6.04 Å². The number of hydrogen-bond donors (Lipinski definition) is 2. The second-order valence-electron chi connectivity index (χ2n) is 6.04. The molecule has 1 aliphatic rings. The van der Waals surface area contributed by atoms with E-state index in [1.54, 1.807) is 24.3 Å². The molecule has 0 aliphatic heterocycles. The summed E-state index contributed by atoms with van der Waals surface area (Å²) in [5.41, 5.74) is 4.85. The van der Waals surface area contributed by atoms with E-state index in [0.717, 1.165) is 37.0 Å². The monoisotopic (exact) mass is 335 g/mol. The molecular formula is C20H21N3O2. The largest absolute Gasteiger partial charge is 0.336 e. The standard InChI is InChI=1S/C20H21N3O2/c24-19(16-11-5-2-6-12-16)21-18(15-9-3-1-4-10-15)20(25)23-22-17-13-7-8-14-17/h1-6,9-12,18H,7-8,13-14H2,(H,21,24)(H,23,25). The molecule has 1 fully saturated rings. The van der Waals surface area contributed by atoms with Crippen LogP contribution in [0.1, 0.15) is 47.6 Å². The number of benzene rings is 2. The first-order chi connectivity index (χ1) is 12.2. The fourth-order valence-corrected chi connectivity index (χ4v) is 2.84. The summed E-state index contributed by atoms with van der Waals surface area (Å²) in [6, 6.07) is 17.3. The summed E-state index contributed by atoms with van der Waals surface area (Å²) in [7, 11) is 0. The van der Waals surface area contributed by atoms with Crippen molar-refractivity contribution in [2.45, 2.75) is 31.7 Å². The first-order valence-corrected chi connectivity index (χ1v) is 8.50. The van der Waals surface area contributed by atoms with Crippen LogP contribution in [-0.2, 0) is 4.79 Å². The van der Waals surface area contributed by atoms with E-state index >= 15 is 0 Å². The zero-order valence-corrected chi connectivity index (χ0v) is 13.9. The van der Waals surface area contributed by atoms with Gasteiger partial charge < -0.3 is 5.32 Å². The number of hydrogen-bond acceptors (Lipinski definition) is 3. The lowest BCUT2D eigenvalue weighted by Gasteiger charge is -2.18. The minimum absolute atomic E-state index is 0.293. The Balaban J connectivity index is 1.76. The molecule has 1 saturated carbocycles. The Morgan fingerprint density at radius 3 is 2.12 bits per heavy atom. The highest BCUT2D eigenvalue weighted by molar-refractivity contribution is 5.98. The predicted molar refractivity (Wildman–Crippen MR) is 97.1 cm³/mol. The number of carbonyl (C=O) groups is 2. The van der Waals surface area contributed by atoms with Gasteiger partial charge in [-0.05, 0) is 43.4 Å². The van der Waals surface area contributed by atoms with Crippen molar-refractivity contribution in [1.82, 2.24) is 10.7 Å². The molecule has 5 heteroatoms. The van der Waals surface area contributed by atoms with Crippen molar-refractivity contribution in [1.29, 1.82) is 0 Å². The third kappa shape index (κ3) is 4.53. The van der Waals surface area contributed by atoms with Gasteiger partial charge in [0.25, 0.3) is 11.8 Å². The molecule has 128 valence electrons. The quantitative estimate of drug-likeness (QED) is 0.824. The van der Waals surface area contributed by atoms with Crippen molar-refractivity contribution in [3.8, 4) is 0 Å². The number of rotatable bonds is 5. The molecule has 1 aliphatic carbocycles. The van der Waals surface area contributed by atoms with Gasteiger partial charge in [-0.2, -0.15) is 5.10 Å². The highest BCUT2D eigenvalue weighted by Crippen LogP contribution is 2.16. The maximum atomic E-state index is 12.6. The van der Waals surface area contributed by atoms with Crippen molar-refractivity contribution in [2.24, 2.45) is 5.10 Å². The fraction of sp³-hybridized carbons (Fsp3) is 0.250. The summed E-state index contributed by atoms with van der Waals surface area (Å²) in [5.74, 6) is -0.631. The lowest BCUT2D eigenvalue weighted by Crippen LogP contribution is -2.39. The molecular weight excluding hydrogens is 314 g/mol. The van der Waals surface area contributed by atoms with E-state index in [1.807, 2.05) is 36.4 Å². The van der Waals surface area contributed by atoms with Gasteiger partial charge in [0.15, 0.2) is 0 Å². The first-order valence-electron chi connectivity index (χ1n) is 8.50. The van der Waals surface area contributed by atoms with Crippen LogP contribution in [0.5, 0.6) is 0 Å². The third-order valence-electron chi connectivity index (χ3n) is 4.21. The SMILES string of the molecule is O=C(NC(C(=O)NN=C1CCCC1)c1ccccc1)c1ccccc1. The van der Waals surface area contributed by atoms with E-state index < -0.39 is 6.04 Å². The Labute approximate surface area is 147 Å². The van der Waals surface area contributed by atoms with Crippen LogP contribution in [-0.4, -0.2) is 17.5 Å². The van der Waals surface area contributed by atoms with E-state index in [2.05, 4.69) is 15.8 Å². The summed E-state index contributed by atoms with van der Waals surface area (Å²) in [6.07, 6.45) is 4.07. The van der Waals surface area contributed by atoms with E-state index in [9.17, 15) is 9.59 Å². The van der Waals surface area contributed by atoms with E-state index in [-0.39, 0.29) is 11.8 Å². The predicted octanol–water partition coefficient (Wildman–Crippen LogP) is 3.20. The zero-order chi connectivity index (χ0) is 17.5. The second-order valence-corrected chi connectivity index (χ2v) is 6.04. The Bertz CT molecular complexity index is 749. The van der Waals surface area contributed by atoms with Crippen molar-refractivity contribution in [3.63, 3.8) is 0 Å². The zero-order valence-electron chi connectivity index (χ0n) is 13.9. The van der Waals surface area contributed by atoms with Gasteiger partial charge in [-0.25, -0.2) is 5.43 Å². The third-order valence-corrected chi connectivity index (χ3v) is 4.21. The topological polar surface area (TPSA) is 70.6 Å². The smallest absolute Gasteiger partial charge is 0.267 e. The molecule has 5 nitrogen and oxygen atoms in total. The van der Waals surface area contributed by atoms with E-state index in [4.69, 9.17) is 0 Å². The Hall–Kier alpha value is -2.95. The van der Waals surface area contributed by atoms with E-state index in [0.29, 0.717) is 5.56 Å². The van der Waals surface area contributed by atoms with Crippen molar-refractivity contribution >= 4 is 17.5 Å². The molecule has 0 radical (unpaired) electrons. The van der Waals surface area contributed by atoms with Crippen LogP contribution in [0.25, 0.3) is 0 Å². The summed E-state index contributed by atoms with van der Waals surface area (Å²) in [5, 5.41) is 7.02. The molecule has 25 heavy (non-hydrogen) atoms. The Morgan fingerprint density at radius 1 is 0.880 bits per heavy atom. The van der Waals surface area contributed by atoms with Gasteiger partial charge in [-0.15, -0.1) is 0 Å². The van der Waals surface area contributed by atoms with Crippen LogP contribution in [0, 0.1) is 0 Å². The maximum absolute atomic E-state index is 12.6. The highest BCUT2D eigenvalue weighted by atomic mass is 16.2. The molecule has 2 aromatic carbocycles. The number of carbonyl (C=O) groups excluding carboxylic acids is 2. The summed E-state index contributed by atoms with van der Waals surface area (Å²) < 4.78 is 0. The summed E-state index contributed by atoms with van der Waals surface area (Å²) in [4.78, 5) is 25.1. The van der Waals surface area contributed by atoms with Crippen LogP contribution in [0.2, 0.25) is 0 Å². The minimum Gasteiger partial charge on any atom is -0.336 e. The Kier molecular flexibility index (Phi) is 5.57. The molecule has 2 N–H and O–H groups in total. The molecule has 2 aromatic rings. The van der Waals surface area contributed by atoms with Gasteiger partial charge in [-0.1, -0.05) is 48.5 Å². The van der Waals surface area contributed by atoms with Gasteiger partial charge in [0.2, 0.25) is 0 Å². The number of nitrogens with zero attached hydrogens (tertiary/aromatic N) is 1. The van der Waals surface area contributed by atoms with Gasteiger partial charge in [0, 0.05) is 11.3 Å². The molecule has 1 atom stereocenters. The highest BCUT2D eigenvalue weighted by Gasteiger charge is 2.23. The first kappa shape index (κ1) is 16.9. The summed E-state index contributed by atoms with van der Waals surface area (Å²) >= 11 is 0. The van der Waals surface area contributed by atoms with Crippen molar-refractivity contribution in [2.75, 3.05) is 0 Å². The molecule has 0 bridgehead atoms. The van der Waals surface area contributed by atoms with Crippen LogP contribution in [0.15, 0.2) is 65.8 Å². The Morgan fingerprint density at radius 2 is 1.48 bits per heavy atom. The second kappa shape index (κ2) is 8.24. The molecule has 0 heterocycles. The van der Waals surface area contributed by atoms with Crippen molar-refractivity contribution in [3.05, 3.63) is 71.8 Å². The molecule has 0 aromatic heterocycles. The number of nitrogens with one attached hydrogen (secondary N) is 2. The minimum atomic E-state index is -0.792. The number of amides is 2. The van der Waals surface area contributed by atoms with Crippen LogP contribution in [0.3, 0.4) is 0 Å². The summed E-state index contributed by atoms with van der Waals surface area (Å²) in [6.45, 7) is 0. The maximum Gasteiger partial charge on any atom is 0.267 e. The fourth-order valence-electron chi connectivity index (χ4n) is 2.84. The molecule has 3 rings (SSSR count). The van der Waals surface area contributed by atoms with Crippen LogP contribution < -0.4 is 10.7 Å². The molecule has 0 spiro atoms. The average Bonchev–Trinajstić information content (AvgIpc) is 3.19. The van der Waals surface area contributed by atoms with Gasteiger partial charge in [-0.3, -0.25) is 9.59 Å². The molecule has 0 saturated heterocycles.